The highest BCUT2D eigenvalue weighted by atomic mass is 16.5. The Kier molecular flexibility index (Phi) is 8.32. The third-order valence-corrected chi connectivity index (χ3v) is 5.00. The molecule has 0 aliphatic carbocycles. The summed E-state index contributed by atoms with van der Waals surface area (Å²) in [6, 6.07) is 22.4. The number of anilines is 1. The average molecular weight is 486 g/mol. The molecule has 184 valence electrons. The van der Waals surface area contributed by atoms with Gasteiger partial charge in [-0.1, -0.05) is 41.6 Å². The Morgan fingerprint density at radius 1 is 0.944 bits per heavy atom. The number of aromatic nitrogens is 2. The molecule has 0 saturated heterocycles. The molecule has 1 N–H and O–H groups in total. The standard InChI is InChI=1S/C28H27N3O5/c1-3-33-26-19-21(13-15-25(26)35-18-17-34-22-9-5-4-6-10-22)14-16-27(32)30-24-12-8-7-11-23(24)28-29-20(2)36-31-28/h4-16,19H,3,17-18H2,1-2H3,(H,30,32)/b16-14+. The third kappa shape index (κ3) is 6.73. The lowest BCUT2D eigenvalue weighted by Gasteiger charge is -2.13. The van der Waals surface area contributed by atoms with Gasteiger partial charge in [-0.2, -0.15) is 4.98 Å². The largest absolute Gasteiger partial charge is 0.490 e. The van der Waals surface area contributed by atoms with Gasteiger partial charge in [0, 0.05) is 18.6 Å². The molecule has 0 atom stereocenters. The van der Waals surface area contributed by atoms with Crippen LogP contribution in [0.25, 0.3) is 17.5 Å². The minimum Gasteiger partial charge on any atom is -0.490 e. The van der Waals surface area contributed by atoms with Crippen LogP contribution in [0.5, 0.6) is 17.2 Å². The van der Waals surface area contributed by atoms with Crippen LogP contribution in [-0.4, -0.2) is 35.9 Å². The first-order chi connectivity index (χ1) is 17.6. The van der Waals surface area contributed by atoms with Crippen LogP contribution in [0.1, 0.15) is 18.4 Å². The Morgan fingerprint density at radius 3 is 2.50 bits per heavy atom. The lowest BCUT2D eigenvalue weighted by molar-refractivity contribution is -0.111. The van der Waals surface area contributed by atoms with Gasteiger partial charge in [0.15, 0.2) is 11.5 Å². The summed E-state index contributed by atoms with van der Waals surface area (Å²) in [4.78, 5) is 16.9. The maximum absolute atomic E-state index is 12.6. The average Bonchev–Trinajstić information content (AvgIpc) is 3.33. The number of nitrogens with one attached hydrogen (secondary N) is 1. The summed E-state index contributed by atoms with van der Waals surface area (Å²) in [5.41, 5.74) is 2.06. The van der Waals surface area contributed by atoms with Crippen molar-refractivity contribution >= 4 is 17.7 Å². The summed E-state index contributed by atoms with van der Waals surface area (Å²) < 4.78 is 22.3. The molecule has 1 amide bonds. The van der Waals surface area contributed by atoms with Gasteiger partial charge in [-0.25, -0.2) is 0 Å². The van der Waals surface area contributed by atoms with Crippen LogP contribution in [0.15, 0.2) is 83.4 Å². The number of amides is 1. The van der Waals surface area contributed by atoms with Crippen LogP contribution >= 0.6 is 0 Å². The zero-order valence-electron chi connectivity index (χ0n) is 20.1. The SMILES string of the molecule is CCOc1cc(/C=C/C(=O)Nc2ccccc2-c2noc(C)n2)ccc1OCCOc1ccccc1. The molecule has 4 rings (SSSR count). The van der Waals surface area contributed by atoms with Crippen molar-refractivity contribution in [2.45, 2.75) is 13.8 Å². The maximum atomic E-state index is 12.6. The molecule has 4 aromatic rings. The number of ether oxygens (including phenoxy) is 3. The van der Waals surface area contributed by atoms with Crippen molar-refractivity contribution in [1.29, 1.82) is 0 Å². The quantitative estimate of drug-likeness (QED) is 0.220. The molecule has 0 unspecified atom stereocenters. The van der Waals surface area contributed by atoms with E-state index >= 15 is 0 Å². The van der Waals surface area contributed by atoms with E-state index in [-0.39, 0.29) is 5.91 Å². The minimum absolute atomic E-state index is 0.293. The zero-order valence-corrected chi connectivity index (χ0v) is 20.1. The topological polar surface area (TPSA) is 95.7 Å². The first-order valence-electron chi connectivity index (χ1n) is 11.6. The second-order valence-electron chi connectivity index (χ2n) is 7.65. The van der Waals surface area contributed by atoms with E-state index in [2.05, 4.69) is 15.5 Å². The van der Waals surface area contributed by atoms with E-state index < -0.39 is 0 Å². The summed E-state index contributed by atoms with van der Waals surface area (Å²) in [6.45, 7) is 4.87. The Bertz CT molecular complexity index is 1320. The lowest BCUT2D eigenvalue weighted by atomic mass is 10.1. The van der Waals surface area contributed by atoms with Gasteiger partial charge < -0.3 is 24.1 Å². The molecule has 8 heteroatoms. The van der Waals surface area contributed by atoms with Crippen LogP contribution in [0.3, 0.4) is 0 Å². The van der Waals surface area contributed by atoms with E-state index in [1.165, 1.54) is 6.08 Å². The second kappa shape index (κ2) is 12.2. The molecule has 3 aromatic carbocycles. The van der Waals surface area contributed by atoms with Crippen molar-refractivity contribution in [3.8, 4) is 28.6 Å². The van der Waals surface area contributed by atoms with Gasteiger partial charge in [-0.05, 0) is 55.0 Å². The van der Waals surface area contributed by atoms with Crippen LogP contribution in [0, 0.1) is 6.92 Å². The smallest absolute Gasteiger partial charge is 0.248 e. The Labute approximate surface area is 209 Å². The molecule has 1 aromatic heterocycles. The normalized spacial score (nSPS) is 10.8. The van der Waals surface area contributed by atoms with Gasteiger partial charge in [0.2, 0.25) is 17.6 Å². The number of carbonyl (C=O) groups excluding carboxylic acids is 1. The fraction of sp³-hybridized carbons (Fsp3) is 0.179. The van der Waals surface area contributed by atoms with Crippen molar-refractivity contribution in [2.75, 3.05) is 25.1 Å². The highest BCUT2D eigenvalue weighted by Gasteiger charge is 2.12. The number of para-hydroxylation sites is 2. The Hall–Kier alpha value is -4.59. The molecule has 0 aliphatic rings. The first kappa shape index (κ1) is 24.5. The van der Waals surface area contributed by atoms with E-state index in [1.807, 2.05) is 73.7 Å². The van der Waals surface area contributed by atoms with Gasteiger partial charge in [-0.3, -0.25) is 4.79 Å². The molecule has 8 nitrogen and oxygen atoms in total. The van der Waals surface area contributed by atoms with Crippen molar-refractivity contribution in [2.24, 2.45) is 0 Å². The molecule has 0 radical (unpaired) electrons. The van der Waals surface area contributed by atoms with Gasteiger partial charge in [-0.15, -0.1) is 0 Å². The van der Waals surface area contributed by atoms with E-state index in [9.17, 15) is 4.79 Å². The molecule has 1 heterocycles. The number of hydrogen-bond acceptors (Lipinski definition) is 7. The van der Waals surface area contributed by atoms with E-state index in [1.54, 1.807) is 19.1 Å². The lowest BCUT2D eigenvalue weighted by Crippen LogP contribution is -2.10. The molecular formula is C28H27N3O5. The number of rotatable bonds is 11. The summed E-state index contributed by atoms with van der Waals surface area (Å²) in [6.07, 6.45) is 3.17. The summed E-state index contributed by atoms with van der Waals surface area (Å²) in [5.74, 6) is 2.57. The predicted molar refractivity (Wildman–Crippen MR) is 137 cm³/mol. The van der Waals surface area contributed by atoms with Crippen LogP contribution in [0.2, 0.25) is 0 Å². The van der Waals surface area contributed by atoms with E-state index in [0.29, 0.717) is 54.3 Å². The predicted octanol–water partition coefficient (Wildman–Crippen LogP) is 5.55. The maximum Gasteiger partial charge on any atom is 0.248 e. The molecular weight excluding hydrogens is 458 g/mol. The number of carbonyl (C=O) groups is 1. The van der Waals surface area contributed by atoms with Crippen molar-refractivity contribution < 1.29 is 23.5 Å². The molecule has 0 aliphatic heterocycles. The highest BCUT2D eigenvalue weighted by molar-refractivity contribution is 6.03. The van der Waals surface area contributed by atoms with Crippen LogP contribution in [-0.2, 0) is 4.79 Å². The number of nitrogens with zero attached hydrogens (tertiary/aromatic N) is 2. The van der Waals surface area contributed by atoms with E-state index in [4.69, 9.17) is 18.7 Å². The Balaban J connectivity index is 1.37. The number of aryl methyl sites for hydroxylation is 1. The summed E-state index contributed by atoms with van der Waals surface area (Å²) in [7, 11) is 0. The molecule has 0 saturated carbocycles. The van der Waals surface area contributed by atoms with Crippen molar-refractivity contribution in [1.82, 2.24) is 10.1 Å². The van der Waals surface area contributed by atoms with Crippen LogP contribution in [0.4, 0.5) is 5.69 Å². The molecule has 0 spiro atoms. The Morgan fingerprint density at radius 2 is 1.72 bits per heavy atom. The van der Waals surface area contributed by atoms with E-state index in [0.717, 1.165) is 11.3 Å². The second-order valence-corrected chi connectivity index (χ2v) is 7.65. The molecule has 36 heavy (non-hydrogen) atoms. The monoisotopic (exact) mass is 485 g/mol. The van der Waals surface area contributed by atoms with Gasteiger partial charge in [0.25, 0.3) is 0 Å². The zero-order chi connectivity index (χ0) is 25.2. The number of hydrogen-bond donors (Lipinski definition) is 1. The summed E-state index contributed by atoms with van der Waals surface area (Å²) in [5, 5.41) is 6.81. The van der Waals surface area contributed by atoms with Gasteiger partial charge >= 0.3 is 0 Å². The minimum atomic E-state index is -0.293. The fourth-order valence-electron chi connectivity index (χ4n) is 3.39. The highest BCUT2D eigenvalue weighted by Crippen LogP contribution is 2.29. The first-order valence-corrected chi connectivity index (χ1v) is 11.6. The van der Waals surface area contributed by atoms with Crippen LogP contribution < -0.4 is 19.5 Å². The fourth-order valence-corrected chi connectivity index (χ4v) is 3.39. The van der Waals surface area contributed by atoms with Crippen molar-refractivity contribution in [3.05, 3.63) is 90.3 Å². The van der Waals surface area contributed by atoms with Gasteiger partial charge in [0.1, 0.15) is 19.0 Å². The summed E-state index contributed by atoms with van der Waals surface area (Å²) >= 11 is 0. The van der Waals surface area contributed by atoms with Crippen molar-refractivity contribution in [3.63, 3.8) is 0 Å². The molecule has 0 bridgehead atoms. The van der Waals surface area contributed by atoms with Gasteiger partial charge in [0.05, 0.1) is 12.3 Å². The number of benzene rings is 3. The third-order valence-electron chi connectivity index (χ3n) is 5.00. The molecule has 0 fully saturated rings.